The third-order valence-electron chi connectivity index (χ3n) is 4.47. The van der Waals surface area contributed by atoms with E-state index in [1.807, 2.05) is 6.92 Å². The number of likely N-dealkylation sites (tertiary alicyclic amines) is 1. The van der Waals surface area contributed by atoms with Gasteiger partial charge in [0.25, 0.3) is 11.1 Å². The fraction of sp³-hybridized carbons (Fsp3) is 0.421. The molecule has 7 nitrogen and oxygen atoms in total. The molecule has 1 aromatic rings. The molecule has 27 heavy (non-hydrogen) atoms. The quantitative estimate of drug-likeness (QED) is 0.778. The van der Waals surface area contributed by atoms with Crippen molar-refractivity contribution in [3.8, 4) is 11.5 Å². The van der Waals surface area contributed by atoms with Crippen LogP contribution in [-0.4, -0.2) is 58.2 Å². The molecule has 1 N–H and O–H groups in total. The normalized spacial score (nSPS) is 19.1. The Morgan fingerprint density at radius 3 is 2.70 bits per heavy atom. The second-order valence-corrected chi connectivity index (χ2v) is 7.36. The highest BCUT2D eigenvalue weighted by Crippen LogP contribution is 2.34. The number of thioether (sulfide) groups is 1. The first kappa shape index (κ1) is 19.3. The molecule has 8 heteroatoms. The summed E-state index contributed by atoms with van der Waals surface area (Å²) in [5, 5.41) is 9.54. The Kier molecular flexibility index (Phi) is 6.05. The molecule has 2 heterocycles. The van der Waals surface area contributed by atoms with Gasteiger partial charge in [0.05, 0.1) is 11.5 Å². The number of nitrogens with zero attached hydrogens (tertiary/aromatic N) is 2. The summed E-state index contributed by atoms with van der Waals surface area (Å²) in [5.41, 5.74) is 0.383. The number of ether oxygens (including phenoxy) is 1. The number of benzene rings is 1. The van der Waals surface area contributed by atoms with Crippen LogP contribution < -0.4 is 4.74 Å². The zero-order valence-corrected chi connectivity index (χ0v) is 16.0. The van der Waals surface area contributed by atoms with Gasteiger partial charge in [-0.3, -0.25) is 19.3 Å². The Morgan fingerprint density at radius 1 is 1.26 bits per heavy atom. The maximum Gasteiger partial charge on any atom is 0.294 e. The van der Waals surface area contributed by atoms with Gasteiger partial charge in [-0.2, -0.15) is 0 Å². The van der Waals surface area contributed by atoms with E-state index < -0.39 is 11.1 Å². The predicted molar refractivity (Wildman–Crippen MR) is 102 cm³/mol. The molecule has 144 valence electrons. The number of phenolic OH excluding ortho intramolecular Hbond substituents is 1. The summed E-state index contributed by atoms with van der Waals surface area (Å²) in [5.74, 6) is -0.188. The smallest absolute Gasteiger partial charge is 0.294 e. The fourth-order valence-electron chi connectivity index (χ4n) is 3.06. The lowest BCUT2D eigenvalue weighted by molar-refractivity contribution is -0.136. The van der Waals surface area contributed by atoms with Crippen molar-refractivity contribution in [2.75, 3.05) is 26.2 Å². The van der Waals surface area contributed by atoms with Gasteiger partial charge in [0.15, 0.2) is 0 Å². The van der Waals surface area contributed by atoms with Crippen LogP contribution in [0.3, 0.4) is 0 Å². The lowest BCUT2D eigenvalue weighted by atomic mass is 10.1. The van der Waals surface area contributed by atoms with Gasteiger partial charge in [0.1, 0.15) is 18.0 Å². The van der Waals surface area contributed by atoms with Gasteiger partial charge in [0, 0.05) is 18.7 Å². The molecule has 0 spiro atoms. The lowest BCUT2D eigenvalue weighted by Gasteiger charge is -2.27. The van der Waals surface area contributed by atoms with Gasteiger partial charge in [-0.1, -0.05) is 0 Å². The molecule has 0 unspecified atom stereocenters. The molecule has 0 atom stereocenters. The average Bonchev–Trinajstić information content (AvgIpc) is 2.93. The Bertz CT molecular complexity index is 786. The Balaban J connectivity index is 1.74. The molecule has 0 bridgehead atoms. The highest BCUT2D eigenvalue weighted by atomic mass is 32.2. The molecule has 0 aliphatic carbocycles. The van der Waals surface area contributed by atoms with E-state index in [2.05, 4.69) is 0 Å². The Hall–Kier alpha value is -2.48. The third kappa shape index (κ3) is 4.44. The zero-order chi connectivity index (χ0) is 19.4. The number of imide groups is 1. The summed E-state index contributed by atoms with van der Waals surface area (Å²) in [6.07, 6.45) is 4.44. The summed E-state index contributed by atoms with van der Waals surface area (Å²) in [4.78, 5) is 40.0. The largest absolute Gasteiger partial charge is 0.507 e. The molecule has 1 aromatic carbocycles. The van der Waals surface area contributed by atoms with Gasteiger partial charge in [-0.05, 0) is 62.2 Å². The van der Waals surface area contributed by atoms with Crippen molar-refractivity contribution in [1.29, 1.82) is 0 Å². The molecule has 0 radical (unpaired) electrons. The van der Waals surface area contributed by atoms with E-state index in [0.29, 0.717) is 31.0 Å². The van der Waals surface area contributed by atoms with Gasteiger partial charge in [-0.15, -0.1) is 0 Å². The zero-order valence-electron chi connectivity index (χ0n) is 15.1. The van der Waals surface area contributed by atoms with E-state index in [0.717, 1.165) is 35.9 Å². The van der Waals surface area contributed by atoms with Crippen LogP contribution in [0.1, 0.15) is 31.7 Å². The Morgan fingerprint density at radius 2 is 2.00 bits per heavy atom. The topological polar surface area (TPSA) is 87.2 Å². The van der Waals surface area contributed by atoms with E-state index in [4.69, 9.17) is 4.74 Å². The molecule has 0 saturated carbocycles. The molecule has 2 aliphatic heterocycles. The second kappa shape index (κ2) is 8.47. The maximum atomic E-state index is 12.6. The molecule has 3 amide bonds. The van der Waals surface area contributed by atoms with E-state index >= 15 is 0 Å². The number of aromatic hydroxyl groups is 1. The SMILES string of the molecule is CCOc1ccc(O)c(/C=C2\SC(=O)N(CC(=O)N3CCCCC3)C2=O)c1. The molecule has 2 fully saturated rings. The number of hydrogen-bond donors (Lipinski definition) is 1. The van der Waals surface area contributed by atoms with E-state index in [9.17, 15) is 19.5 Å². The highest BCUT2D eigenvalue weighted by molar-refractivity contribution is 8.18. The van der Waals surface area contributed by atoms with Crippen LogP contribution in [-0.2, 0) is 9.59 Å². The molecule has 2 aliphatic rings. The summed E-state index contributed by atoms with van der Waals surface area (Å²) >= 11 is 0.769. The Labute approximate surface area is 162 Å². The number of carbonyl (C=O) groups excluding carboxylic acids is 3. The van der Waals surface area contributed by atoms with Crippen LogP contribution in [0.4, 0.5) is 4.79 Å². The molecule has 3 rings (SSSR count). The monoisotopic (exact) mass is 390 g/mol. The van der Waals surface area contributed by atoms with Crippen molar-refractivity contribution in [2.24, 2.45) is 0 Å². The van der Waals surface area contributed by atoms with E-state index in [-0.39, 0.29) is 23.1 Å². The first-order valence-corrected chi connectivity index (χ1v) is 9.80. The van der Waals surface area contributed by atoms with Crippen molar-refractivity contribution < 1.29 is 24.2 Å². The maximum absolute atomic E-state index is 12.6. The first-order valence-electron chi connectivity index (χ1n) is 8.98. The molecule has 0 aromatic heterocycles. The van der Waals surface area contributed by atoms with Crippen LogP contribution in [0.2, 0.25) is 0 Å². The van der Waals surface area contributed by atoms with Crippen LogP contribution in [0.25, 0.3) is 6.08 Å². The number of hydrogen-bond acceptors (Lipinski definition) is 6. The van der Waals surface area contributed by atoms with Crippen molar-refractivity contribution in [2.45, 2.75) is 26.2 Å². The van der Waals surface area contributed by atoms with Gasteiger partial charge in [-0.25, -0.2) is 0 Å². The summed E-state index contributed by atoms with van der Waals surface area (Å²) in [7, 11) is 0. The number of phenols is 1. The number of rotatable bonds is 5. The first-order chi connectivity index (χ1) is 13.0. The lowest BCUT2D eigenvalue weighted by Crippen LogP contribution is -2.44. The minimum absolute atomic E-state index is 0.0188. The van der Waals surface area contributed by atoms with Crippen LogP contribution >= 0.6 is 11.8 Å². The number of amides is 3. The predicted octanol–water partition coefficient (Wildman–Crippen LogP) is 2.84. The molecular formula is C19H22N2O5S. The minimum Gasteiger partial charge on any atom is -0.507 e. The van der Waals surface area contributed by atoms with Crippen molar-refractivity contribution in [3.05, 3.63) is 28.7 Å². The average molecular weight is 390 g/mol. The fourth-order valence-corrected chi connectivity index (χ4v) is 3.89. The van der Waals surface area contributed by atoms with Crippen molar-refractivity contribution in [3.63, 3.8) is 0 Å². The van der Waals surface area contributed by atoms with Crippen LogP contribution in [0.15, 0.2) is 23.1 Å². The van der Waals surface area contributed by atoms with Gasteiger partial charge in [0.2, 0.25) is 5.91 Å². The standard InChI is InChI=1S/C19H22N2O5S/c1-2-26-14-6-7-15(22)13(10-14)11-16-18(24)21(19(25)27-16)12-17(23)20-8-4-3-5-9-20/h6-7,10-11,22H,2-5,8-9,12H2,1H3/b16-11-. The third-order valence-corrected chi connectivity index (χ3v) is 5.38. The number of carbonyl (C=O) groups is 3. The van der Waals surface area contributed by atoms with Crippen molar-refractivity contribution in [1.82, 2.24) is 9.80 Å². The second-order valence-electron chi connectivity index (χ2n) is 6.36. The summed E-state index contributed by atoms with van der Waals surface area (Å²) in [6, 6.07) is 4.70. The molecular weight excluding hydrogens is 368 g/mol. The van der Waals surface area contributed by atoms with Crippen LogP contribution in [0.5, 0.6) is 11.5 Å². The van der Waals surface area contributed by atoms with Gasteiger partial charge >= 0.3 is 0 Å². The summed E-state index contributed by atoms with van der Waals surface area (Å²) in [6.45, 7) is 3.41. The van der Waals surface area contributed by atoms with Crippen LogP contribution in [0, 0.1) is 0 Å². The van der Waals surface area contributed by atoms with Gasteiger partial charge < -0.3 is 14.7 Å². The minimum atomic E-state index is -0.517. The van der Waals surface area contributed by atoms with E-state index in [1.54, 1.807) is 17.0 Å². The highest BCUT2D eigenvalue weighted by Gasteiger charge is 2.37. The number of piperidine rings is 1. The van der Waals surface area contributed by atoms with E-state index in [1.165, 1.54) is 12.1 Å². The van der Waals surface area contributed by atoms with Crippen molar-refractivity contribution >= 4 is 34.9 Å². The summed E-state index contributed by atoms with van der Waals surface area (Å²) < 4.78 is 5.40. The molecule has 2 saturated heterocycles.